The lowest BCUT2D eigenvalue weighted by Gasteiger charge is -2.16. The molecule has 7 heteroatoms. The first kappa shape index (κ1) is 15.3. The zero-order valence-electron chi connectivity index (χ0n) is 11.2. The number of rotatable bonds is 5. The SMILES string of the molecule is CNC(=O)c1ccc(NC(C)CS(C)(=O)=O)c(N)c1. The van der Waals surface area contributed by atoms with Crippen LogP contribution in [-0.2, 0) is 9.84 Å². The summed E-state index contributed by atoms with van der Waals surface area (Å²) in [7, 11) is -1.51. The van der Waals surface area contributed by atoms with Gasteiger partial charge in [0.25, 0.3) is 5.91 Å². The van der Waals surface area contributed by atoms with Gasteiger partial charge in [0, 0.05) is 24.9 Å². The topological polar surface area (TPSA) is 101 Å². The van der Waals surface area contributed by atoms with Crippen molar-refractivity contribution in [3.8, 4) is 0 Å². The largest absolute Gasteiger partial charge is 0.397 e. The number of carbonyl (C=O) groups is 1. The third-order valence-electron chi connectivity index (χ3n) is 2.50. The highest BCUT2D eigenvalue weighted by Gasteiger charge is 2.12. The van der Waals surface area contributed by atoms with Crippen LogP contribution in [0.25, 0.3) is 0 Å². The minimum atomic E-state index is -3.05. The lowest BCUT2D eigenvalue weighted by Crippen LogP contribution is -2.25. The maximum atomic E-state index is 11.4. The van der Waals surface area contributed by atoms with Crippen molar-refractivity contribution in [2.75, 3.05) is 30.1 Å². The number of hydrogen-bond donors (Lipinski definition) is 3. The fourth-order valence-corrected chi connectivity index (χ4v) is 2.73. The normalized spacial score (nSPS) is 12.8. The van der Waals surface area contributed by atoms with Crippen molar-refractivity contribution >= 4 is 27.1 Å². The predicted octanol–water partition coefficient (Wildman–Crippen LogP) is 0.473. The summed E-state index contributed by atoms with van der Waals surface area (Å²) in [6, 6.07) is 4.58. The molecule has 1 rings (SSSR count). The Labute approximate surface area is 113 Å². The van der Waals surface area contributed by atoms with E-state index in [0.29, 0.717) is 16.9 Å². The molecule has 1 atom stereocenters. The van der Waals surface area contributed by atoms with Crippen molar-refractivity contribution in [3.63, 3.8) is 0 Å². The van der Waals surface area contributed by atoms with Gasteiger partial charge in [0.15, 0.2) is 0 Å². The number of nitrogen functional groups attached to an aromatic ring is 1. The van der Waals surface area contributed by atoms with E-state index >= 15 is 0 Å². The number of benzene rings is 1. The monoisotopic (exact) mass is 285 g/mol. The number of anilines is 2. The molecule has 0 aliphatic carbocycles. The van der Waals surface area contributed by atoms with Crippen LogP contribution in [0.5, 0.6) is 0 Å². The van der Waals surface area contributed by atoms with Gasteiger partial charge in [0.1, 0.15) is 9.84 Å². The van der Waals surface area contributed by atoms with Gasteiger partial charge in [-0.2, -0.15) is 0 Å². The van der Waals surface area contributed by atoms with Crippen molar-refractivity contribution < 1.29 is 13.2 Å². The third kappa shape index (κ3) is 4.78. The molecule has 0 saturated carbocycles. The van der Waals surface area contributed by atoms with Crippen LogP contribution in [0.4, 0.5) is 11.4 Å². The number of nitrogens with two attached hydrogens (primary N) is 1. The van der Waals surface area contributed by atoms with E-state index in [2.05, 4.69) is 10.6 Å². The predicted molar refractivity (Wildman–Crippen MR) is 77.0 cm³/mol. The van der Waals surface area contributed by atoms with Gasteiger partial charge in [-0.3, -0.25) is 4.79 Å². The Balaban J connectivity index is 2.83. The summed E-state index contributed by atoms with van der Waals surface area (Å²) >= 11 is 0. The van der Waals surface area contributed by atoms with Crippen LogP contribution in [-0.4, -0.2) is 39.4 Å². The highest BCUT2D eigenvalue weighted by molar-refractivity contribution is 7.90. The average Bonchev–Trinajstić information content (AvgIpc) is 2.28. The minimum Gasteiger partial charge on any atom is -0.397 e. The third-order valence-corrected chi connectivity index (χ3v) is 3.60. The number of amides is 1. The van der Waals surface area contributed by atoms with E-state index in [1.807, 2.05) is 0 Å². The first-order chi connectivity index (χ1) is 8.73. The summed E-state index contributed by atoms with van der Waals surface area (Å²) in [6.07, 6.45) is 1.18. The van der Waals surface area contributed by atoms with E-state index in [0.717, 1.165) is 0 Å². The summed E-state index contributed by atoms with van der Waals surface area (Å²) in [5.74, 6) is -0.202. The van der Waals surface area contributed by atoms with E-state index in [1.165, 1.54) is 6.26 Å². The van der Waals surface area contributed by atoms with Gasteiger partial charge in [-0.15, -0.1) is 0 Å². The Hall–Kier alpha value is -1.76. The highest BCUT2D eigenvalue weighted by atomic mass is 32.2. The summed E-state index contributed by atoms with van der Waals surface area (Å²) in [4.78, 5) is 11.4. The summed E-state index contributed by atoms with van der Waals surface area (Å²) < 4.78 is 22.3. The Morgan fingerprint density at radius 2 is 2.05 bits per heavy atom. The minimum absolute atomic E-state index is 0.0175. The molecule has 1 unspecified atom stereocenters. The molecule has 0 heterocycles. The van der Waals surface area contributed by atoms with Crippen molar-refractivity contribution in [3.05, 3.63) is 23.8 Å². The van der Waals surface area contributed by atoms with Gasteiger partial charge in [-0.05, 0) is 25.1 Å². The van der Waals surface area contributed by atoms with Gasteiger partial charge in [-0.25, -0.2) is 8.42 Å². The molecule has 1 aromatic carbocycles. The van der Waals surface area contributed by atoms with Crippen LogP contribution in [0, 0.1) is 0 Å². The molecule has 1 aromatic rings. The lowest BCUT2D eigenvalue weighted by molar-refractivity contribution is 0.0963. The zero-order chi connectivity index (χ0) is 14.6. The molecule has 0 spiro atoms. The Bertz CT molecular complexity index is 570. The molecular formula is C12H19N3O3S. The van der Waals surface area contributed by atoms with E-state index < -0.39 is 9.84 Å². The van der Waals surface area contributed by atoms with Gasteiger partial charge in [-0.1, -0.05) is 0 Å². The van der Waals surface area contributed by atoms with E-state index in [1.54, 1.807) is 32.2 Å². The van der Waals surface area contributed by atoms with Crippen molar-refractivity contribution in [2.24, 2.45) is 0 Å². The van der Waals surface area contributed by atoms with Gasteiger partial charge >= 0.3 is 0 Å². The number of sulfone groups is 1. The smallest absolute Gasteiger partial charge is 0.251 e. The molecule has 0 aliphatic heterocycles. The van der Waals surface area contributed by atoms with Crippen LogP contribution in [0.15, 0.2) is 18.2 Å². The number of carbonyl (C=O) groups excluding carboxylic acids is 1. The standard InChI is InChI=1S/C12H19N3O3S/c1-8(7-19(3,17)18)15-11-5-4-9(6-10(11)13)12(16)14-2/h4-6,8,15H,7,13H2,1-3H3,(H,14,16). The molecular weight excluding hydrogens is 266 g/mol. The second-order valence-electron chi connectivity index (χ2n) is 4.52. The van der Waals surface area contributed by atoms with Crippen molar-refractivity contribution in [1.29, 1.82) is 0 Å². The number of nitrogens with one attached hydrogen (secondary N) is 2. The number of hydrogen-bond acceptors (Lipinski definition) is 5. The van der Waals surface area contributed by atoms with Gasteiger partial charge in [0.2, 0.25) is 0 Å². The second kappa shape index (κ2) is 5.92. The summed E-state index contributed by atoms with van der Waals surface area (Å²) in [5, 5.41) is 5.52. The van der Waals surface area contributed by atoms with Crippen molar-refractivity contribution in [2.45, 2.75) is 13.0 Å². The molecule has 0 bridgehead atoms. The summed E-state index contributed by atoms with van der Waals surface area (Å²) in [5.41, 5.74) is 7.31. The Kier molecular flexibility index (Phi) is 4.77. The molecule has 1 amide bonds. The van der Waals surface area contributed by atoms with Gasteiger partial charge in [0.05, 0.1) is 17.1 Å². The molecule has 0 radical (unpaired) electrons. The van der Waals surface area contributed by atoms with Crippen LogP contribution in [0.3, 0.4) is 0 Å². The van der Waals surface area contributed by atoms with Crippen molar-refractivity contribution in [1.82, 2.24) is 5.32 Å². The fraction of sp³-hybridized carbons (Fsp3) is 0.417. The van der Waals surface area contributed by atoms with Crippen LogP contribution in [0.2, 0.25) is 0 Å². The molecule has 4 N–H and O–H groups in total. The van der Waals surface area contributed by atoms with E-state index in [9.17, 15) is 13.2 Å². The van der Waals surface area contributed by atoms with Crippen LogP contribution >= 0.6 is 0 Å². The average molecular weight is 285 g/mol. The quantitative estimate of drug-likeness (QED) is 0.683. The van der Waals surface area contributed by atoms with Gasteiger partial charge < -0.3 is 16.4 Å². The molecule has 0 aromatic heterocycles. The van der Waals surface area contributed by atoms with Crippen LogP contribution < -0.4 is 16.4 Å². The zero-order valence-corrected chi connectivity index (χ0v) is 12.0. The molecule has 106 valence electrons. The fourth-order valence-electron chi connectivity index (χ4n) is 1.74. The lowest BCUT2D eigenvalue weighted by atomic mass is 10.1. The first-order valence-corrected chi connectivity index (χ1v) is 7.85. The molecule has 6 nitrogen and oxygen atoms in total. The maximum Gasteiger partial charge on any atom is 0.251 e. The van der Waals surface area contributed by atoms with Crippen LogP contribution in [0.1, 0.15) is 17.3 Å². The second-order valence-corrected chi connectivity index (χ2v) is 6.70. The van der Waals surface area contributed by atoms with E-state index in [-0.39, 0.29) is 17.7 Å². The highest BCUT2D eigenvalue weighted by Crippen LogP contribution is 2.21. The molecule has 0 aliphatic rings. The molecule has 0 saturated heterocycles. The Morgan fingerprint density at radius 3 is 2.53 bits per heavy atom. The molecule has 19 heavy (non-hydrogen) atoms. The first-order valence-electron chi connectivity index (χ1n) is 5.79. The molecule has 0 fully saturated rings. The maximum absolute atomic E-state index is 11.4. The summed E-state index contributed by atoms with van der Waals surface area (Å²) in [6.45, 7) is 1.76. The Morgan fingerprint density at radius 1 is 1.42 bits per heavy atom. The van der Waals surface area contributed by atoms with E-state index in [4.69, 9.17) is 5.73 Å².